The number of rotatable bonds is 6. The number of carbonyl (C=O) groups is 1. The van der Waals surface area contributed by atoms with Crippen LogP contribution in [0, 0.1) is 0 Å². The van der Waals surface area contributed by atoms with E-state index in [4.69, 9.17) is 14.2 Å². The molecule has 0 unspecified atom stereocenters. The Bertz CT molecular complexity index is 844. The molecule has 0 atom stereocenters. The third-order valence-corrected chi connectivity index (χ3v) is 3.56. The maximum atomic E-state index is 12.2. The number of aliphatic hydroxyl groups is 1. The molecule has 26 heavy (non-hydrogen) atoms. The van der Waals surface area contributed by atoms with Crippen molar-refractivity contribution < 1.29 is 24.1 Å². The molecule has 2 aromatic rings. The zero-order valence-corrected chi connectivity index (χ0v) is 14.2. The monoisotopic (exact) mass is 350 g/mol. The van der Waals surface area contributed by atoms with E-state index in [1.165, 1.54) is 0 Å². The first-order chi connectivity index (χ1) is 12.7. The van der Waals surface area contributed by atoms with Gasteiger partial charge in [0.15, 0.2) is 0 Å². The molecule has 132 valence electrons. The summed E-state index contributed by atoms with van der Waals surface area (Å²) in [5.74, 6) is 0.863. The van der Waals surface area contributed by atoms with E-state index in [1.807, 2.05) is 6.92 Å². The molecule has 5 heteroatoms. The smallest absolute Gasteiger partial charge is 0.343 e. The van der Waals surface area contributed by atoms with Gasteiger partial charge < -0.3 is 19.3 Å². The second-order valence-electron chi connectivity index (χ2n) is 5.40. The molecule has 1 aliphatic rings. The number of hydrogen-bond acceptors (Lipinski definition) is 5. The van der Waals surface area contributed by atoms with Crippen LogP contribution in [0.25, 0.3) is 0 Å². The summed E-state index contributed by atoms with van der Waals surface area (Å²) in [7, 11) is 0. The molecule has 0 spiro atoms. The van der Waals surface area contributed by atoms with Crippen molar-refractivity contribution in [1.82, 2.24) is 0 Å². The third kappa shape index (κ3) is 4.33. The average Bonchev–Trinajstić information content (AvgIpc) is 3.19. The topological polar surface area (TPSA) is 65.0 Å². The number of hydrogen-bond donors (Lipinski definition) is 1. The highest BCUT2D eigenvalue weighted by Crippen LogP contribution is 2.22. The molecular formula is C21H18O5. The molecule has 0 amide bonds. The molecular weight excluding hydrogens is 332 g/mol. The summed E-state index contributed by atoms with van der Waals surface area (Å²) in [6.07, 6.45) is 7.08. The van der Waals surface area contributed by atoms with E-state index in [0.29, 0.717) is 35.0 Å². The Morgan fingerprint density at radius 2 is 1.38 bits per heavy atom. The van der Waals surface area contributed by atoms with Crippen molar-refractivity contribution in [3.05, 3.63) is 89.9 Å². The fourth-order valence-electron chi connectivity index (χ4n) is 2.28. The van der Waals surface area contributed by atoms with E-state index in [2.05, 4.69) is 0 Å². The van der Waals surface area contributed by atoms with Gasteiger partial charge in [-0.2, -0.15) is 0 Å². The largest absolute Gasteiger partial charge is 0.494 e. The summed E-state index contributed by atoms with van der Waals surface area (Å²) in [6.45, 7) is 2.46. The van der Waals surface area contributed by atoms with Crippen LogP contribution in [0.15, 0.2) is 84.4 Å². The zero-order valence-electron chi connectivity index (χ0n) is 14.2. The molecule has 1 N–H and O–H groups in total. The van der Waals surface area contributed by atoms with Gasteiger partial charge in [-0.05, 0) is 67.6 Å². The molecule has 0 saturated carbocycles. The Balaban J connectivity index is 1.61. The second kappa shape index (κ2) is 8.07. The van der Waals surface area contributed by atoms with Gasteiger partial charge in [-0.3, -0.25) is 0 Å². The molecule has 0 radical (unpaired) electrons. The van der Waals surface area contributed by atoms with E-state index in [9.17, 15) is 9.90 Å². The second-order valence-corrected chi connectivity index (χ2v) is 5.40. The van der Waals surface area contributed by atoms with Crippen LogP contribution in [-0.4, -0.2) is 17.7 Å². The fourth-order valence-corrected chi connectivity index (χ4v) is 2.28. The molecule has 0 heterocycles. The van der Waals surface area contributed by atoms with Crippen LogP contribution in [-0.2, 0) is 0 Å². The van der Waals surface area contributed by atoms with Crippen molar-refractivity contribution in [3.8, 4) is 17.2 Å². The Hall–Kier alpha value is -3.47. The first-order valence-electron chi connectivity index (χ1n) is 8.16. The van der Waals surface area contributed by atoms with Crippen molar-refractivity contribution in [1.29, 1.82) is 0 Å². The first-order valence-corrected chi connectivity index (χ1v) is 8.16. The van der Waals surface area contributed by atoms with Crippen LogP contribution in [0.1, 0.15) is 17.3 Å². The summed E-state index contributed by atoms with van der Waals surface area (Å²) >= 11 is 0. The van der Waals surface area contributed by atoms with Gasteiger partial charge in [-0.25, -0.2) is 4.79 Å². The summed E-state index contributed by atoms with van der Waals surface area (Å²) in [6, 6.07) is 13.2. The highest BCUT2D eigenvalue weighted by molar-refractivity contribution is 5.91. The Morgan fingerprint density at radius 1 is 0.846 bits per heavy atom. The minimum absolute atomic E-state index is 0.186. The molecule has 3 rings (SSSR count). The summed E-state index contributed by atoms with van der Waals surface area (Å²) in [4.78, 5) is 12.2. The molecule has 0 fully saturated rings. The molecule has 0 bridgehead atoms. The lowest BCUT2D eigenvalue weighted by Gasteiger charge is -2.08. The summed E-state index contributed by atoms with van der Waals surface area (Å²) < 4.78 is 16.0. The average molecular weight is 350 g/mol. The third-order valence-electron chi connectivity index (χ3n) is 3.56. The number of ether oxygens (including phenoxy) is 3. The maximum Gasteiger partial charge on any atom is 0.343 e. The van der Waals surface area contributed by atoms with E-state index < -0.39 is 5.97 Å². The van der Waals surface area contributed by atoms with E-state index in [-0.39, 0.29) is 5.95 Å². The van der Waals surface area contributed by atoms with Crippen molar-refractivity contribution in [2.75, 3.05) is 6.61 Å². The molecule has 0 aliphatic heterocycles. The quantitative estimate of drug-likeness (QED) is 0.469. The van der Waals surface area contributed by atoms with Gasteiger partial charge in [0.05, 0.1) is 17.7 Å². The number of allylic oxidation sites excluding steroid dienone is 5. The standard InChI is InChI=1S/C21H18O5/c1-2-24-17-9-7-16(8-10-17)21(23)26-19-13-11-18(12-14-19)25-20(22)15-5-3-4-6-15/h3-14,22H,2H2,1H3. The Labute approximate surface area is 151 Å². The van der Waals surface area contributed by atoms with Crippen molar-refractivity contribution in [2.24, 2.45) is 0 Å². The lowest BCUT2D eigenvalue weighted by molar-refractivity contribution is 0.0734. The van der Waals surface area contributed by atoms with Crippen molar-refractivity contribution in [2.45, 2.75) is 6.92 Å². The minimum Gasteiger partial charge on any atom is -0.494 e. The first kappa shape index (κ1) is 17.4. The van der Waals surface area contributed by atoms with Crippen molar-refractivity contribution >= 4 is 5.97 Å². The molecule has 5 nitrogen and oxygen atoms in total. The highest BCUT2D eigenvalue weighted by atomic mass is 16.6. The lowest BCUT2D eigenvalue weighted by atomic mass is 10.2. The maximum absolute atomic E-state index is 12.2. The summed E-state index contributed by atoms with van der Waals surface area (Å²) in [5, 5.41) is 9.89. The normalized spacial score (nSPS) is 12.1. The summed E-state index contributed by atoms with van der Waals surface area (Å²) in [5.41, 5.74) is 1.02. The van der Waals surface area contributed by atoms with Crippen LogP contribution in [0.2, 0.25) is 0 Å². The SMILES string of the molecule is CCOc1ccc(C(=O)Oc2ccc(OC(O)=C3C=CC=C3)cc2)cc1. The van der Waals surface area contributed by atoms with Crippen LogP contribution < -0.4 is 14.2 Å². The number of benzene rings is 2. The van der Waals surface area contributed by atoms with Crippen molar-refractivity contribution in [3.63, 3.8) is 0 Å². The van der Waals surface area contributed by atoms with E-state index in [0.717, 1.165) is 0 Å². The van der Waals surface area contributed by atoms with Gasteiger partial charge in [-0.1, -0.05) is 12.2 Å². The zero-order chi connectivity index (χ0) is 18.4. The predicted molar refractivity (Wildman–Crippen MR) is 97.6 cm³/mol. The van der Waals surface area contributed by atoms with Gasteiger partial charge >= 0.3 is 5.97 Å². The van der Waals surface area contributed by atoms with Crippen LogP contribution in [0.5, 0.6) is 17.2 Å². The fraction of sp³-hybridized carbons (Fsp3) is 0.0952. The van der Waals surface area contributed by atoms with Gasteiger partial charge in [0, 0.05) is 0 Å². The molecule has 0 aromatic heterocycles. The van der Waals surface area contributed by atoms with E-state index in [1.54, 1.807) is 72.8 Å². The minimum atomic E-state index is -0.465. The molecule has 1 aliphatic carbocycles. The van der Waals surface area contributed by atoms with Crippen LogP contribution in [0.4, 0.5) is 0 Å². The van der Waals surface area contributed by atoms with Crippen LogP contribution >= 0.6 is 0 Å². The molecule has 0 saturated heterocycles. The van der Waals surface area contributed by atoms with E-state index >= 15 is 0 Å². The van der Waals surface area contributed by atoms with Gasteiger partial charge in [0.1, 0.15) is 17.2 Å². The Morgan fingerprint density at radius 3 is 1.96 bits per heavy atom. The van der Waals surface area contributed by atoms with Gasteiger partial charge in [-0.15, -0.1) is 0 Å². The molecule has 2 aromatic carbocycles. The Kier molecular flexibility index (Phi) is 5.39. The number of aliphatic hydroxyl groups excluding tert-OH is 1. The lowest BCUT2D eigenvalue weighted by Crippen LogP contribution is -2.08. The van der Waals surface area contributed by atoms with Gasteiger partial charge in [0.25, 0.3) is 5.95 Å². The highest BCUT2D eigenvalue weighted by Gasteiger charge is 2.10. The number of carbonyl (C=O) groups excluding carboxylic acids is 1. The predicted octanol–water partition coefficient (Wildman–Crippen LogP) is 4.58. The van der Waals surface area contributed by atoms with Gasteiger partial charge in [0.2, 0.25) is 0 Å². The van der Waals surface area contributed by atoms with Crippen LogP contribution in [0.3, 0.4) is 0 Å². The number of esters is 1.